The van der Waals surface area contributed by atoms with Crippen LogP contribution in [-0.2, 0) is 5.75 Å². The predicted molar refractivity (Wildman–Crippen MR) is 125 cm³/mol. The molecule has 0 saturated heterocycles. The number of thioether (sulfide) groups is 1. The van der Waals surface area contributed by atoms with Crippen molar-refractivity contribution in [3.05, 3.63) is 89.7 Å². The van der Waals surface area contributed by atoms with E-state index in [-0.39, 0.29) is 0 Å². The van der Waals surface area contributed by atoms with E-state index in [1.165, 1.54) is 11.1 Å². The van der Waals surface area contributed by atoms with Crippen LogP contribution in [0.15, 0.2) is 78.1 Å². The highest BCUT2D eigenvalue weighted by atomic mass is 32.2. The number of imidazole rings is 1. The zero-order valence-electron chi connectivity index (χ0n) is 17.4. The van der Waals surface area contributed by atoms with E-state index in [0.717, 1.165) is 28.2 Å². The summed E-state index contributed by atoms with van der Waals surface area (Å²) in [6.07, 6.45) is 2.12. The third-order valence-electron chi connectivity index (χ3n) is 5.22. The number of nitrogen functional groups attached to an aromatic ring is 1. The average molecular weight is 427 g/mol. The molecule has 0 fully saturated rings. The highest BCUT2D eigenvalue weighted by molar-refractivity contribution is 7.98. The van der Waals surface area contributed by atoms with Crippen LogP contribution in [0.3, 0.4) is 0 Å². The monoisotopic (exact) mass is 426 g/mol. The molecule has 0 spiro atoms. The maximum absolute atomic E-state index is 6.35. The molecule has 0 bridgehead atoms. The summed E-state index contributed by atoms with van der Waals surface area (Å²) in [5.41, 5.74) is 7.42. The van der Waals surface area contributed by atoms with Gasteiger partial charge in [-0.1, -0.05) is 78.0 Å². The highest BCUT2D eigenvalue weighted by Crippen LogP contribution is 2.31. The number of hydrogen-bond acceptors (Lipinski definition) is 5. The standard InChI is InChI=1S/C24H22N6S/c1-16-8-11-19(12-9-16)23-27-28-24(30(23)25)31-15-20-22(18-6-4-3-5-7-18)26-21-13-10-17(2)14-29(20)21/h3-14H,15,25H2,1-2H3. The van der Waals surface area contributed by atoms with Gasteiger partial charge in [0.2, 0.25) is 5.16 Å². The summed E-state index contributed by atoms with van der Waals surface area (Å²) in [5.74, 6) is 7.66. The van der Waals surface area contributed by atoms with Crippen molar-refractivity contribution < 1.29 is 0 Å². The third-order valence-corrected chi connectivity index (χ3v) is 6.18. The van der Waals surface area contributed by atoms with Gasteiger partial charge in [0.05, 0.1) is 11.4 Å². The van der Waals surface area contributed by atoms with Gasteiger partial charge >= 0.3 is 0 Å². The number of aryl methyl sites for hydroxylation is 2. The first-order valence-electron chi connectivity index (χ1n) is 10.0. The fraction of sp³-hybridized carbons (Fsp3) is 0.125. The van der Waals surface area contributed by atoms with Gasteiger partial charge in [-0.2, -0.15) is 0 Å². The number of fused-ring (bicyclic) bond motifs is 1. The van der Waals surface area contributed by atoms with Crippen molar-refractivity contribution in [1.82, 2.24) is 24.3 Å². The molecule has 7 heteroatoms. The van der Waals surface area contributed by atoms with E-state index < -0.39 is 0 Å². The summed E-state index contributed by atoms with van der Waals surface area (Å²) < 4.78 is 3.72. The zero-order chi connectivity index (χ0) is 21.4. The SMILES string of the molecule is Cc1ccc(-c2nnc(SCc3c(-c4ccccc4)nc4ccc(C)cn34)n2N)cc1. The summed E-state index contributed by atoms with van der Waals surface area (Å²) in [6, 6.07) is 22.5. The van der Waals surface area contributed by atoms with E-state index in [0.29, 0.717) is 16.7 Å². The lowest BCUT2D eigenvalue weighted by Gasteiger charge is -2.07. The molecule has 3 heterocycles. The van der Waals surface area contributed by atoms with E-state index in [2.05, 4.69) is 58.9 Å². The molecule has 0 atom stereocenters. The molecular weight excluding hydrogens is 404 g/mol. The lowest BCUT2D eigenvalue weighted by molar-refractivity contribution is 0.848. The van der Waals surface area contributed by atoms with Crippen molar-refractivity contribution >= 4 is 17.4 Å². The number of nitrogens with two attached hydrogens (primary N) is 1. The second kappa shape index (κ2) is 7.92. The van der Waals surface area contributed by atoms with Crippen LogP contribution in [0.4, 0.5) is 0 Å². The molecule has 2 N–H and O–H groups in total. The minimum atomic E-state index is 0.653. The quantitative estimate of drug-likeness (QED) is 0.320. The van der Waals surface area contributed by atoms with Gasteiger partial charge in [-0.15, -0.1) is 10.2 Å². The first-order valence-corrected chi connectivity index (χ1v) is 11.0. The maximum Gasteiger partial charge on any atom is 0.210 e. The van der Waals surface area contributed by atoms with Crippen molar-refractivity contribution in [2.24, 2.45) is 0 Å². The summed E-state index contributed by atoms with van der Waals surface area (Å²) in [5, 5.41) is 9.32. The van der Waals surface area contributed by atoms with Crippen molar-refractivity contribution in [3.63, 3.8) is 0 Å². The first kappa shape index (κ1) is 19.4. The molecule has 0 radical (unpaired) electrons. The van der Waals surface area contributed by atoms with Gasteiger partial charge in [-0.3, -0.25) is 0 Å². The minimum Gasteiger partial charge on any atom is -0.335 e. The van der Waals surface area contributed by atoms with E-state index >= 15 is 0 Å². The smallest absolute Gasteiger partial charge is 0.210 e. The van der Waals surface area contributed by atoms with Gasteiger partial charge < -0.3 is 10.2 Å². The van der Waals surface area contributed by atoms with Gasteiger partial charge in [0.15, 0.2) is 5.82 Å². The normalized spacial score (nSPS) is 11.3. The number of pyridine rings is 1. The maximum atomic E-state index is 6.35. The van der Waals surface area contributed by atoms with E-state index in [9.17, 15) is 0 Å². The Morgan fingerprint density at radius 3 is 2.35 bits per heavy atom. The molecule has 0 aliphatic carbocycles. The Bertz CT molecular complexity index is 1350. The summed E-state index contributed by atoms with van der Waals surface area (Å²) in [4.78, 5) is 4.90. The average Bonchev–Trinajstić information content (AvgIpc) is 3.33. The molecule has 6 nitrogen and oxygen atoms in total. The van der Waals surface area contributed by atoms with Gasteiger partial charge in [0.25, 0.3) is 0 Å². The summed E-state index contributed by atoms with van der Waals surface area (Å²) >= 11 is 1.56. The topological polar surface area (TPSA) is 74.0 Å². The number of nitrogens with zero attached hydrogens (tertiary/aromatic N) is 5. The Kier molecular flexibility index (Phi) is 4.95. The van der Waals surface area contributed by atoms with Gasteiger partial charge in [0, 0.05) is 23.1 Å². The lowest BCUT2D eigenvalue weighted by Crippen LogP contribution is -2.11. The number of rotatable bonds is 5. The lowest BCUT2D eigenvalue weighted by atomic mass is 10.1. The Balaban J connectivity index is 1.50. The fourth-order valence-electron chi connectivity index (χ4n) is 3.57. The molecule has 154 valence electrons. The molecule has 0 unspecified atom stereocenters. The number of hydrogen-bond donors (Lipinski definition) is 1. The Morgan fingerprint density at radius 2 is 1.58 bits per heavy atom. The molecule has 0 saturated carbocycles. The molecule has 31 heavy (non-hydrogen) atoms. The van der Waals surface area contributed by atoms with Crippen LogP contribution in [0.25, 0.3) is 28.3 Å². The van der Waals surface area contributed by atoms with E-state index in [1.54, 1.807) is 16.4 Å². The number of aromatic nitrogens is 5. The Labute approximate surface area is 184 Å². The molecule has 3 aromatic heterocycles. The van der Waals surface area contributed by atoms with Crippen LogP contribution in [0.2, 0.25) is 0 Å². The Hall–Kier alpha value is -3.58. The zero-order valence-corrected chi connectivity index (χ0v) is 18.2. The highest BCUT2D eigenvalue weighted by Gasteiger charge is 2.17. The second-order valence-corrected chi connectivity index (χ2v) is 8.48. The van der Waals surface area contributed by atoms with Crippen molar-refractivity contribution in [2.75, 3.05) is 5.84 Å². The minimum absolute atomic E-state index is 0.653. The molecule has 5 rings (SSSR count). The molecule has 2 aromatic carbocycles. The van der Waals surface area contributed by atoms with Crippen molar-refractivity contribution in [1.29, 1.82) is 0 Å². The third kappa shape index (κ3) is 3.68. The van der Waals surface area contributed by atoms with E-state index in [4.69, 9.17) is 10.8 Å². The van der Waals surface area contributed by atoms with Gasteiger partial charge in [0.1, 0.15) is 5.65 Å². The van der Waals surface area contributed by atoms with Gasteiger partial charge in [-0.25, -0.2) is 9.66 Å². The van der Waals surface area contributed by atoms with Crippen LogP contribution in [-0.4, -0.2) is 24.3 Å². The van der Waals surface area contributed by atoms with Crippen molar-refractivity contribution in [3.8, 4) is 22.6 Å². The van der Waals surface area contributed by atoms with Crippen LogP contribution in [0.1, 0.15) is 16.8 Å². The summed E-state index contributed by atoms with van der Waals surface area (Å²) in [7, 11) is 0. The first-order chi connectivity index (χ1) is 15.1. The van der Waals surface area contributed by atoms with Crippen LogP contribution in [0.5, 0.6) is 0 Å². The fourth-order valence-corrected chi connectivity index (χ4v) is 4.44. The van der Waals surface area contributed by atoms with Crippen molar-refractivity contribution in [2.45, 2.75) is 24.8 Å². The molecule has 0 amide bonds. The van der Waals surface area contributed by atoms with Crippen LogP contribution < -0.4 is 5.84 Å². The van der Waals surface area contributed by atoms with Crippen LogP contribution >= 0.6 is 11.8 Å². The predicted octanol–water partition coefficient (Wildman–Crippen LogP) is 4.88. The molecule has 0 aliphatic rings. The Morgan fingerprint density at radius 1 is 0.839 bits per heavy atom. The van der Waals surface area contributed by atoms with Gasteiger partial charge in [-0.05, 0) is 25.5 Å². The molecular formula is C24H22N6S. The number of benzene rings is 2. The van der Waals surface area contributed by atoms with E-state index in [1.807, 2.05) is 42.5 Å². The molecule has 5 aromatic rings. The summed E-state index contributed by atoms with van der Waals surface area (Å²) in [6.45, 7) is 4.14. The van der Waals surface area contributed by atoms with Crippen LogP contribution in [0, 0.1) is 13.8 Å². The second-order valence-electron chi connectivity index (χ2n) is 7.54. The molecule has 0 aliphatic heterocycles. The largest absolute Gasteiger partial charge is 0.335 e.